The Morgan fingerprint density at radius 2 is 1.67 bits per heavy atom. The summed E-state index contributed by atoms with van der Waals surface area (Å²) < 4.78 is 15.1. The molecule has 0 unspecified atom stereocenters. The van der Waals surface area contributed by atoms with Gasteiger partial charge in [-0.05, 0) is 48.4 Å². The van der Waals surface area contributed by atoms with Gasteiger partial charge in [0.15, 0.2) is 11.5 Å². The molecule has 0 fully saturated rings. The quantitative estimate of drug-likeness (QED) is 0.479. The molecular weight excluding hydrogens is 308 g/mol. The maximum atomic E-state index is 11.9. The Balaban J connectivity index is 2.04. The molecule has 0 spiro atoms. The van der Waals surface area contributed by atoms with Gasteiger partial charge in [0.05, 0.1) is 19.8 Å². The number of rotatable bonds is 5. The van der Waals surface area contributed by atoms with Gasteiger partial charge < -0.3 is 14.2 Å². The topological polar surface area (TPSA) is 61.8 Å². The van der Waals surface area contributed by atoms with E-state index in [9.17, 15) is 9.59 Å². The van der Waals surface area contributed by atoms with Crippen molar-refractivity contribution >= 4 is 18.0 Å². The second-order valence-electron chi connectivity index (χ2n) is 5.02. The van der Waals surface area contributed by atoms with Crippen LogP contribution in [0.2, 0.25) is 0 Å². The lowest BCUT2D eigenvalue weighted by atomic mass is 10.1. The van der Waals surface area contributed by atoms with Gasteiger partial charge in [-0.2, -0.15) is 0 Å². The number of hydrogen-bond donors (Lipinski definition) is 0. The van der Waals surface area contributed by atoms with Crippen molar-refractivity contribution in [2.75, 3.05) is 14.2 Å². The molecule has 24 heavy (non-hydrogen) atoms. The van der Waals surface area contributed by atoms with Crippen LogP contribution in [0.15, 0.2) is 48.5 Å². The second kappa shape index (κ2) is 7.97. The highest BCUT2D eigenvalue weighted by molar-refractivity contribution is 5.91. The number of benzene rings is 2. The summed E-state index contributed by atoms with van der Waals surface area (Å²) in [4.78, 5) is 23.3. The molecule has 0 heterocycles. The third kappa shape index (κ3) is 4.46. The fourth-order valence-corrected chi connectivity index (χ4v) is 2.01. The maximum Gasteiger partial charge on any atom is 0.337 e. The van der Waals surface area contributed by atoms with Crippen LogP contribution in [0.3, 0.4) is 0 Å². The first kappa shape index (κ1) is 17.3. The average molecular weight is 326 g/mol. The molecule has 0 aliphatic carbocycles. The molecule has 2 rings (SSSR count). The van der Waals surface area contributed by atoms with Gasteiger partial charge in [-0.1, -0.05) is 18.2 Å². The predicted octanol–water partition coefficient (Wildman–Crippen LogP) is 3.41. The van der Waals surface area contributed by atoms with Crippen molar-refractivity contribution in [2.45, 2.75) is 6.92 Å². The Morgan fingerprint density at radius 1 is 0.958 bits per heavy atom. The molecule has 0 N–H and O–H groups in total. The lowest BCUT2D eigenvalue weighted by molar-refractivity contribution is -0.129. The van der Waals surface area contributed by atoms with Gasteiger partial charge in [-0.15, -0.1) is 0 Å². The molecule has 0 saturated carbocycles. The highest BCUT2D eigenvalue weighted by atomic mass is 16.6. The number of carbonyl (C=O) groups excluding carboxylic acids is 2. The van der Waals surface area contributed by atoms with E-state index in [4.69, 9.17) is 9.47 Å². The number of esters is 2. The molecule has 124 valence electrons. The Morgan fingerprint density at radius 3 is 2.29 bits per heavy atom. The summed E-state index contributed by atoms with van der Waals surface area (Å²) in [5.41, 5.74) is 2.21. The Labute approximate surface area is 140 Å². The van der Waals surface area contributed by atoms with Crippen molar-refractivity contribution in [3.05, 3.63) is 65.2 Å². The summed E-state index contributed by atoms with van der Waals surface area (Å²) in [5.74, 6) is -0.0661. The van der Waals surface area contributed by atoms with Crippen LogP contribution in [-0.4, -0.2) is 26.2 Å². The number of methoxy groups -OCH3 is 2. The lowest BCUT2D eigenvalue weighted by Gasteiger charge is -2.08. The van der Waals surface area contributed by atoms with Crippen molar-refractivity contribution < 1.29 is 23.8 Å². The standard InChI is InChI=1S/C19H18O5/c1-13-4-10-16(17(12-13)22-2)24-18(20)11-7-14-5-8-15(9-6-14)19(21)23-3/h4-12H,1-3H3/b11-7+. The van der Waals surface area contributed by atoms with E-state index < -0.39 is 11.9 Å². The van der Waals surface area contributed by atoms with Gasteiger partial charge in [0.25, 0.3) is 0 Å². The average Bonchev–Trinajstić information content (AvgIpc) is 2.61. The first-order valence-corrected chi connectivity index (χ1v) is 7.26. The van der Waals surface area contributed by atoms with Crippen LogP contribution in [0.1, 0.15) is 21.5 Å². The fourth-order valence-electron chi connectivity index (χ4n) is 2.01. The third-order valence-electron chi connectivity index (χ3n) is 3.27. The molecule has 5 nitrogen and oxygen atoms in total. The van der Waals surface area contributed by atoms with Crippen molar-refractivity contribution in [1.82, 2.24) is 0 Å². The number of aryl methyl sites for hydroxylation is 1. The normalized spacial score (nSPS) is 10.5. The predicted molar refractivity (Wildman–Crippen MR) is 90.2 cm³/mol. The van der Waals surface area contributed by atoms with E-state index in [-0.39, 0.29) is 0 Å². The van der Waals surface area contributed by atoms with Gasteiger partial charge in [0.1, 0.15) is 0 Å². The number of hydrogen-bond acceptors (Lipinski definition) is 5. The number of carbonyl (C=O) groups is 2. The largest absolute Gasteiger partial charge is 0.493 e. The zero-order chi connectivity index (χ0) is 17.5. The van der Waals surface area contributed by atoms with Crippen LogP contribution >= 0.6 is 0 Å². The molecule has 0 atom stereocenters. The molecule has 2 aromatic carbocycles. The highest BCUT2D eigenvalue weighted by Crippen LogP contribution is 2.27. The van der Waals surface area contributed by atoms with Crippen molar-refractivity contribution in [2.24, 2.45) is 0 Å². The summed E-state index contributed by atoms with van der Waals surface area (Å²) in [5, 5.41) is 0. The molecule has 0 radical (unpaired) electrons. The van der Waals surface area contributed by atoms with E-state index in [1.807, 2.05) is 13.0 Å². The van der Waals surface area contributed by atoms with Crippen molar-refractivity contribution in [1.29, 1.82) is 0 Å². The van der Waals surface area contributed by atoms with Crippen LogP contribution in [0.4, 0.5) is 0 Å². The van der Waals surface area contributed by atoms with Gasteiger partial charge >= 0.3 is 11.9 Å². The van der Waals surface area contributed by atoms with Gasteiger partial charge in [0.2, 0.25) is 0 Å². The summed E-state index contributed by atoms with van der Waals surface area (Å²) in [6.07, 6.45) is 2.91. The highest BCUT2D eigenvalue weighted by Gasteiger charge is 2.08. The van der Waals surface area contributed by atoms with Gasteiger partial charge in [-0.3, -0.25) is 0 Å². The lowest BCUT2D eigenvalue weighted by Crippen LogP contribution is -2.05. The zero-order valence-electron chi connectivity index (χ0n) is 13.7. The fraction of sp³-hybridized carbons (Fsp3) is 0.158. The monoisotopic (exact) mass is 326 g/mol. The van der Waals surface area contributed by atoms with Gasteiger partial charge in [0, 0.05) is 6.08 Å². The molecule has 0 bridgehead atoms. The SMILES string of the molecule is COC(=O)c1ccc(/C=C/C(=O)Oc2ccc(C)cc2OC)cc1. The smallest absolute Gasteiger partial charge is 0.337 e. The molecule has 2 aromatic rings. The summed E-state index contributed by atoms with van der Waals surface area (Å²) in [6, 6.07) is 12.0. The molecule has 0 aliphatic heterocycles. The first-order valence-electron chi connectivity index (χ1n) is 7.26. The molecule has 5 heteroatoms. The Bertz CT molecular complexity index is 760. The van der Waals surface area contributed by atoms with E-state index in [1.165, 1.54) is 20.3 Å². The van der Waals surface area contributed by atoms with E-state index >= 15 is 0 Å². The van der Waals surface area contributed by atoms with E-state index in [0.717, 1.165) is 11.1 Å². The van der Waals surface area contributed by atoms with Crippen LogP contribution in [0, 0.1) is 6.92 Å². The van der Waals surface area contributed by atoms with E-state index in [0.29, 0.717) is 17.1 Å². The van der Waals surface area contributed by atoms with Crippen LogP contribution in [0.5, 0.6) is 11.5 Å². The molecular formula is C19H18O5. The van der Waals surface area contributed by atoms with Crippen LogP contribution in [-0.2, 0) is 9.53 Å². The molecule has 0 amide bonds. The van der Waals surface area contributed by atoms with E-state index in [1.54, 1.807) is 42.5 Å². The van der Waals surface area contributed by atoms with Crippen LogP contribution in [0.25, 0.3) is 6.08 Å². The van der Waals surface area contributed by atoms with Gasteiger partial charge in [-0.25, -0.2) is 9.59 Å². The minimum absolute atomic E-state index is 0.360. The third-order valence-corrected chi connectivity index (χ3v) is 3.27. The second-order valence-corrected chi connectivity index (χ2v) is 5.02. The first-order chi connectivity index (χ1) is 11.5. The minimum atomic E-state index is -0.519. The van der Waals surface area contributed by atoms with Crippen LogP contribution < -0.4 is 9.47 Å². The minimum Gasteiger partial charge on any atom is -0.493 e. The molecule has 0 aromatic heterocycles. The van der Waals surface area contributed by atoms with E-state index in [2.05, 4.69) is 4.74 Å². The van der Waals surface area contributed by atoms with Crippen molar-refractivity contribution in [3.63, 3.8) is 0 Å². The summed E-state index contributed by atoms with van der Waals surface area (Å²) in [6.45, 7) is 1.92. The summed E-state index contributed by atoms with van der Waals surface area (Å²) >= 11 is 0. The Kier molecular flexibility index (Phi) is 5.73. The zero-order valence-corrected chi connectivity index (χ0v) is 13.7. The number of ether oxygens (including phenoxy) is 3. The van der Waals surface area contributed by atoms with Crippen molar-refractivity contribution in [3.8, 4) is 11.5 Å². The Hall–Kier alpha value is -3.08. The maximum absolute atomic E-state index is 11.9. The molecule has 0 saturated heterocycles. The summed E-state index contributed by atoms with van der Waals surface area (Å²) in [7, 11) is 2.84. The molecule has 0 aliphatic rings.